The molecule has 5 rings (SSSR count). The van der Waals surface area contributed by atoms with Crippen molar-refractivity contribution in [1.29, 1.82) is 0 Å². The summed E-state index contributed by atoms with van der Waals surface area (Å²) in [6, 6.07) is 6.13. The highest BCUT2D eigenvalue weighted by Gasteiger charge is 2.24. The van der Waals surface area contributed by atoms with Gasteiger partial charge >= 0.3 is 0 Å². The van der Waals surface area contributed by atoms with Crippen LogP contribution >= 0.6 is 0 Å². The highest BCUT2D eigenvalue weighted by atomic mass is 16.1. The summed E-state index contributed by atoms with van der Waals surface area (Å²) in [5.74, 6) is 0.889. The van der Waals surface area contributed by atoms with E-state index in [1.165, 1.54) is 19.3 Å². The minimum atomic E-state index is -0.0168. The van der Waals surface area contributed by atoms with Crippen LogP contribution in [0, 0.1) is 6.92 Å². The van der Waals surface area contributed by atoms with E-state index in [2.05, 4.69) is 25.2 Å². The molecule has 2 fully saturated rings. The predicted molar refractivity (Wildman–Crippen MR) is 110 cm³/mol. The topological polar surface area (TPSA) is 75.9 Å². The van der Waals surface area contributed by atoms with Gasteiger partial charge in [-0.25, -0.2) is 15.0 Å². The van der Waals surface area contributed by atoms with Crippen LogP contribution in [0.2, 0.25) is 0 Å². The highest BCUT2D eigenvalue weighted by molar-refractivity contribution is 5.95. The number of nitrogens with one attached hydrogen (secondary N) is 1. The molecule has 28 heavy (non-hydrogen) atoms. The first-order valence-corrected chi connectivity index (χ1v) is 10.1. The molecule has 146 valence electrons. The number of piperidine rings is 1. The Kier molecular flexibility index (Phi) is 4.22. The Balaban J connectivity index is 0.00000205. The van der Waals surface area contributed by atoms with Crippen molar-refractivity contribution in [2.24, 2.45) is 0 Å². The largest absolute Gasteiger partial charge is 0.355 e. The number of rotatable bonds is 4. The van der Waals surface area contributed by atoms with Crippen LogP contribution in [0.4, 0.5) is 5.82 Å². The molecular weight excluding hydrogens is 352 g/mol. The molecule has 3 aromatic rings. The molecular formula is C21H26N6O. The summed E-state index contributed by atoms with van der Waals surface area (Å²) in [6.45, 7) is 4.06. The second kappa shape index (κ2) is 6.89. The van der Waals surface area contributed by atoms with Gasteiger partial charge in [0, 0.05) is 26.1 Å². The second-order valence-corrected chi connectivity index (χ2v) is 7.78. The molecule has 2 aromatic heterocycles. The van der Waals surface area contributed by atoms with Crippen molar-refractivity contribution in [3.05, 3.63) is 42.0 Å². The number of anilines is 1. The maximum atomic E-state index is 12.5. The minimum Gasteiger partial charge on any atom is -0.355 e. The third-order valence-corrected chi connectivity index (χ3v) is 5.61. The normalized spacial score (nSPS) is 17.1. The standard InChI is InChI=1S/C21H24N6O.H2/c1-14-5-6-15(21(28)25-16-7-8-16)11-17(14)27-13-24-18-19(22-12-23-20(18)27)26-9-3-2-4-10-26;/h5-6,11-13,16H,2-4,7-10H2,1H3,(H,25,28);1H. The lowest BCUT2D eigenvalue weighted by Gasteiger charge is -2.27. The number of nitrogens with zero attached hydrogens (tertiary/aromatic N) is 5. The van der Waals surface area contributed by atoms with Crippen LogP contribution in [-0.2, 0) is 0 Å². The lowest BCUT2D eigenvalue weighted by Crippen LogP contribution is -2.30. The number of amides is 1. The molecule has 2 aliphatic rings. The van der Waals surface area contributed by atoms with E-state index >= 15 is 0 Å². The van der Waals surface area contributed by atoms with Gasteiger partial charge in [0.2, 0.25) is 0 Å². The molecule has 1 aliphatic heterocycles. The molecule has 0 radical (unpaired) electrons. The van der Waals surface area contributed by atoms with Gasteiger partial charge in [-0.1, -0.05) is 6.07 Å². The van der Waals surface area contributed by atoms with Crippen LogP contribution in [0.5, 0.6) is 0 Å². The average molecular weight is 378 g/mol. The van der Waals surface area contributed by atoms with Gasteiger partial charge < -0.3 is 10.2 Å². The third kappa shape index (κ3) is 3.10. The van der Waals surface area contributed by atoms with Crippen LogP contribution in [0.25, 0.3) is 16.9 Å². The molecule has 1 saturated heterocycles. The second-order valence-electron chi connectivity index (χ2n) is 7.78. The first-order valence-electron chi connectivity index (χ1n) is 10.1. The summed E-state index contributed by atoms with van der Waals surface area (Å²) in [4.78, 5) is 28.5. The summed E-state index contributed by atoms with van der Waals surface area (Å²) in [5.41, 5.74) is 4.25. The Bertz CT molecular complexity index is 1040. The van der Waals surface area contributed by atoms with Gasteiger partial charge in [0.1, 0.15) is 12.7 Å². The molecule has 7 nitrogen and oxygen atoms in total. The molecule has 1 aromatic carbocycles. The van der Waals surface area contributed by atoms with E-state index in [0.717, 1.165) is 54.2 Å². The molecule has 0 unspecified atom stereocenters. The predicted octanol–water partition coefficient (Wildman–Crippen LogP) is 3.25. The molecule has 1 N–H and O–H groups in total. The first kappa shape index (κ1) is 17.2. The monoisotopic (exact) mass is 378 g/mol. The van der Waals surface area contributed by atoms with E-state index in [-0.39, 0.29) is 7.33 Å². The number of hydrogen-bond donors (Lipinski definition) is 1. The van der Waals surface area contributed by atoms with Crippen LogP contribution in [0.15, 0.2) is 30.9 Å². The van der Waals surface area contributed by atoms with E-state index in [9.17, 15) is 4.79 Å². The maximum absolute atomic E-state index is 12.5. The molecule has 0 spiro atoms. The number of aryl methyl sites for hydroxylation is 1. The van der Waals surface area contributed by atoms with Gasteiger partial charge in [-0.15, -0.1) is 0 Å². The first-order chi connectivity index (χ1) is 13.7. The van der Waals surface area contributed by atoms with Gasteiger partial charge in [0.05, 0.1) is 5.69 Å². The van der Waals surface area contributed by atoms with E-state index in [0.29, 0.717) is 11.6 Å². The third-order valence-electron chi connectivity index (χ3n) is 5.61. The SMILES string of the molecule is Cc1ccc(C(=O)NC2CC2)cc1-n1cnc2c(N3CCCCC3)ncnc21.[HH]. The highest BCUT2D eigenvalue weighted by Crippen LogP contribution is 2.27. The number of aromatic nitrogens is 4. The van der Waals surface area contributed by atoms with Crippen molar-refractivity contribution >= 4 is 22.9 Å². The fraction of sp³-hybridized carbons (Fsp3) is 0.429. The fourth-order valence-corrected chi connectivity index (χ4v) is 3.84. The molecule has 0 atom stereocenters. The number of hydrogen-bond acceptors (Lipinski definition) is 5. The summed E-state index contributed by atoms with van der Waals surface area (Å²) in [6.07, 6.45) is 9.20. The molecule has 1 saturated carbocycles. The van der Waals surface area contributed by atoms with Gasteiger partial charge in [-0.3, -0.25) is 9.36 Å². The number of benzene rings is 1. The van der Waals surface area contributed by atoms with Crippen molar-refractivity contribution in [2.75, 3.05) is 18.0 Å². The summed E-state index contributed by atoms with van der Waals surface area (Å²) >= 11 is 0. The van der Waals surface area contributed by atoms with E-state index < -0.39 is 0 Å². The lowest BCUT2D eigenvalue weighted by molar-refractivity contribution is 0.0951. The van der Waals surface area contributed by atoms with Crippen molar-refractivity contribution in [3.63, 3.8) is 0 Å². The Hall–Kier alpha value is -2.96. The number of imidazole rings is 1. The number of carbonyl (C=O) groups is 1. The summed E-state index contributed by atoms with van der Waals surface area (Å²) < 4.78 is 1.97. The number of fused-ring (bicyclic) bond motifs is 1. The smallest absolute Gasteiger partial charge is 0.251 e. The molecule has 7 heteroatoms. The molecule has 3 heterocycles. The maximum Gasteiger partial charge on any atom is 0.251 e. The fourth-order valence-electron chi connectivity index (χ4n) is 3.84. The van der Waals surface area contributed by atoms with Gasteiger partial charge in [0.15, 0.2) is 17.0 Å². The van der Waals surface area contributed by atoms with E-state index in [4.69, 9.17) is 0 Å². The Morgan fingerprint density at radius 2 is 1.96 bits per heavy atom. The molecule has 0 bridgehead atoms. The Morgan fingerprint density at radius 3 is 2.75 bits per heavy atom. The van der Waals surface area contributed by atoms with Crippen molar-refractivity contribution in [3.8, 4) is 5.69 Å². The summed E-state index contributed by atoms with van der Waals surface area (Å²) in [5, 5.41) is 3.06. The van der Waals surface area contributed by atoms with Gasteiger partial charge in [0.25, 0.3) is 5.91 Å². The average Bonchev–Trinajstić information content (AvgIpc) is 3.44. The Morgan fingerprint density at radius 1 is 1.14 bits per heavy atom. The van der Waals surface area contributed by atoms with E-state index in [1.807, 2.05) is 29.7 Å². The van der Waals surface area contributed by atoms with Gasteiger partial charge in [-0.2, -0.15) is 0 Å². The van der Waals surface area contributed by atoms with Crippen LogP contribution in [0.1, 0.15) is 49.5 Å². The van der Waals surface area contributed by atoms with Crippen LogP contribution in [0.3, 0.4) is 0 Å². The van der Waals surface area contributed by atoms with Crippen molar-refractivity contribution < 1.29 is 6.22 Å². The zero-order valence-corrected chi connectivity index (χ0v) is 16.1. The number of carbonyl (C=O) groups excluding carboxylic acids is 1. The molecule has 1 amide bonds. The lowest BCUT2D eigenvalue weighted by atomic mass is 10.1. The van der Waals surface area contributed by atoms with Crippen LogP contribution in [-0.4, -0.2) is 44.6 Å². The van der Waals surface area contributed by atoms with Crippen LogP contribution < -0.4 is 10.2 Å². The quantitative estimate of drug-likeness (QED) is 0.754. The Labute approximate surface area is 165 Å². The van der Waals surface area contributed by atoms with Crippen molar-refractivity contribution in [1.82, 2.24) is 24.8 Å². The summed E-state index contributed by atoms with van der Waals surface area (Å²) in [7, 11) is 0. The molecule has 1 aliphatic carbocycles. The van der Waals surface area contributed by atoms with E-state index in [1.54, 1.807) is 12.7 Å². The van der Waals surface area contributed by atoms with Crippen molar-refractivity contribution in [2.45, 2.75) is 45.1 Å². The zero-order chi connectivity index (χ0) is 19.1. The zero-order valence-electron chi connectivity index (χ0n) is 16.1. The minimum absolute atomic E-state index is 0. The van der Waals surface area contributed by atoms with Gasteiger partial charge in [-0.05, 0) is 56.7 Å².